The zero-order chi connectivity index (χ0) is 36.6. The minimum absolute atomic E-state index is 0.0774. The van der Waals surface area contributed by atoms with Gasteiger partial charge in [0.25, 0.3) is 5.09 Å². The molecule has 0 N–H and O–H groups in total. The number of nitrogens with zero attached hydrogens (tertiary/aromatic N) is 3. The van der Waals surface area contributed by atoms with E-state index in [0.717, 1.165) is 62.2 Å². The van der Waals surface area contributed by atoms with Gasteiger partial charge < -0.3 is 18.9 Å². The number of aromatic nitrogens is 2. The lowest BCUT2D eigenvalue weighted by Crippen LogP contribution is -2.30. The van der Waals surface area contributed by atoms with Gasteiger partial charge in [0.1, 0.15) is 12.4 Å². The van der Waals surface area contributed by atoms with Crippen LogP contribution in [0.15, 0.2) is 83.8 Å². The standard InChI is InChI=1S/C40H46ClN3O6S/c1-39(2,3)51-37-33-24-32(49-27-31-19-16-29-12-8-9-13-34(29)42-31)20-21-35(33)43(26-28-14-17-30(41)18-15-28)36(37)25-40(4,5)38(45)48-22-10-6-7-11-23-50-44(46)47/h8-9,12-21,24H,6-7,10-11,22-23,25-27H2,1-5H3. The molecule has 9 nitrogen and oxygen atoms in total. The van der Waals surface area contributed by atoms with Gasteiger partial charge in [-0.2, -0.15) is 0 Å². The first kappa shape index (κ1) is 38.0. The first-order chi connectivity index (χ1) is 24.3. The molecule has 0 unspecified atom stereocenters. The fourth-order valence-electron chi connectivity index (χ4n) is 5.89. The number of halogens is 1. The van der Waals surface area contributed by atoms with Crippen LogP contribution < -0.4 is 4.74 Å². The molecular weight excluding hydrogens is 686 g/mol. The van der Waals surface area contributed by atoms with Crippen LogP contribution in [0.25, 0.3) is 21.8 Å². The summed E-state index contributed by atoms with van der Waals surface area (Å²) in [7, 11) is 0. The summed E-state index contributed by atoms with van der Waals surface area (Å²) in [4.78, 5) is 34.2. The van der Waals surface area contributed by atoms with Crippen molar-refractivity contribution in [3.8, 4) is 5.75 Å². The number of carbonyl (C=O) groups is 1. The van der Waals surface area contributed by atoms with Crippen molar-refractivity contribution in [3.63, 3.8) is 0 Å². The Balaban J connectivity index is 1.42. The van der Waals surface area contributed by atoms with Crippen LogP contribution in [0, 0.1) is 15.5 Å². The topological polar surface area (TPSA) is 106 Å². The Bertz CT molecular complexity index is 1970. The quantitative estimate of drug-likeness (QED) is 0.0306. The number of hydrogen-bond acceptors (Lipinski definition) is 8. The molecule has 51 heavy (non-hydrogen) atoms. The monoisotopic (exact) mass is 731 g/mol. The van der Waals surface area contributed by atoms with Crippen LogP contribution in [0.4, 0.5) is 0 Å². The lowest BCUT2D eigenvalue weighted by molar-refractivity contribution is -0.757. The number of pyridine rings is 1. The summed E-state index contributed by atoms with van der Waals surface area (Å²) in [5.74, 6) is 0.480. The van der Waals surface area contributed by atoms with Gasteiger partial charge in [0, 0.05) is 49.6 Å². The number of ether oxygens (including phenoxy) is 2. The maximum Gasteiger partial charge on any atom is 0.311 e. The average Bonchev–Trinajstić information content (AvgIpc) is 3.34. The average molecular weight is 732 g/mol. The van der Waals surface area contributed by atoms with E-state index in [0.29, 0.717) is 44.0 Å². The van der Waals surface area contributed by atoms with Gasteiger partial charge in [0.05, 0.1) is 29.8 Å². The maximum absolute atomic E-state index is 13.6. The van der Waals surface area contributed by atoms with Crippen LogP contribution in [0.2, 0.25) is 5.02 Å². The molecule has 11 heteroatoms. The van der Waals surface area contributed by atoms with Crippen molar-refractivity contribution < 1.29 is 24.2 Å². The highest BCUT2D eigenvalue weighted by atomic mass is 35.5. The smallest absolute Gasteiger partial charge is 0.311 e. The first-order valence-corrected chi connectivity index (χ1v) is 18.5. The van der Waals surface area contributed by atoms with Crippen LogP contribution >= 0.6 is 23.4 Å². The van der Waals surface area contributed by atoms with E-state index in [9.17, 15) is 14.9 Å². The molecule has 3 aromatic carbocycles. The van der Waals surface area contributed by atoms with Gasteiger partial charge in [0.15, 0.2) is 0 Å². The summed E-state index contributed by atoms with van der Waals surface area (Å²) in [6.45, 7) is 11.8. The molecule has 0 saturated heterocycles. The maximum atomic E-state index is 13.6. The largest absolute Gasteiger partial charge is 0.487 e. The lowest BCUT2D eigenvalue weighted by Gasteiger charge is -2.26. The van der Waals surface area contributed by atoms with Crippen molar-refractivity contribution in [3.05, 3.63) is 111 Å². The van der Waals surface area contributed by atoms with Crippen molar-refractivity contribution in [1.82, 2.24) is 9.55 Å². The van der Waals surface area contributed by atoms with Gasteiger partial charge in [-0.25, -0.2) is 4.98 Å². The van der Waals surface area contributed by atoms with Crippen LogP contribution in [0.3, 0.4) is 0 Å². The van der Waals surface area contributed by atoms with E-state index < -0.39 is 10.5 Å². The molecule has 0 fully saturated rings. The molecule has 2 heterocycles. The highest BCUT2D eigenvalue weighted by molar-refractivity contribution is 8.00. The van der Waals surface area contributed by atoms with Gasteiger partial charge in [-0.15, -0.1) is 21.9 Å². The first-order valence-electron chi connectivity index (χ1n) is 17.3. The molecule has 0 aliphatic rings. The van der Waals surface area contributed by atoms with E-state index in [1.165, 1.54) is 0 Å². The Morgan fingerprint density at radius 3 is 2.37 bits per heavy atom. The Labute approximate surface area is 308 Å². The van der Waals surface area contributed by atoms with Crippen LogP contribution in [0.5, 0.6) is 5.75 Å². The molecule has 0 atom stereocenters. The fraction of sp³-hybridized carbons (Fsp3) is 0.400. The predicted molar refractivity (Wildman–Crippen MR) is 204 cm³/mol. The van der Waals surface area contributed by atoms with Crippen LogP contribution in [-0.2, 0) is 33.9 Å². The molecule has 0 saturated carbocycles. The zero-order valence-corrected chi connectivity index (χ0v) is 31.5. The van der Waals surface area contributed by atoms with Crippen LogP contribution in [0.1, 0.15) is 77.3 Å². The summed E-state index contributed by atoms with van der Waals surface area (Å²) in [6, 6.07) is 26.2. The highest BCUT2D eigenvalue weighted by Crippen LogP contribution is 2.44. The summed E-state index contributed by atoms with van der Waals surface area (Å²) >= 11 is 8.03. The fourth-order valence-corrected chi connectivity index (χ4v) is 7.20. The van der Waals surface area contributed by atoms with Gasteiger partial charge in [0.2, 0.25) is 0 Å². The van der Waals surface area contributed by atoms with Crippen molar-refractivity contribution >= 4 is 51.1 Å². The number of benzene rings is 3. The lowest BCUT2D eigenvalue weighted by atomic mass is 9.87. The minimum Gasteiger partial charge on any atom is -0.487 e. The van der Waals surface area contributed by atoms with E-state index >= 15 is 0 Å². The number of rotatable bonds is 17. The van der Waals surface area contributed by atoms with Gasteiger partial charge >= 0.3 is 5.97 Å². The second kappa shape index (κ2) is 16.8. The molecule has 5 rings (SSSR count). The van der Waals surface area contributed by atoms with Gasteiger partial charge in [-0.1, -0.05) is 75.2 Å². The molecule has 0 bridgehead atoms. The number of esters is 1. The molecular formula is C40H46ClN3O6S. The Morgan fingerprint density at radius 2 is 1.65 bits per heavy atom. The van der Waals surface area contributed by atoms with Crippen molar-refractivity contribution in [2.24, 2.45) is 5.41 Å². The normalized spacial score (nSPS) is 12.0. The summed E-state index contributed by atoms with van der Waals surface area (Å²) in [5, 5.41) is 12.4. The number of carbonyl (C=O) groups excluding carboxylic acids is 1. The van der Waals surface area contributed by atoms with E-state index in [1.807, 2.05) is 74.5 Å². The number of hydrogen-bond donors (Lipinski definition) is 0. The molecule has 270 valence electrons. The summed E-state index contributed by atoms with van der Waals surface area (Å²) in [5.41, 5.74) is 4.16. The molecule has 0 spiro atoms. The predicted octanol–water partition coefficient (Wildman–Crippen LogP) is 10.2. The Hall–Kier alpha value is -4.28. The van der Waals surface area contributed by atoms with E-state index in [-0.39, 0.29) is 17.3 Å². The number of thioether (sulfide) groups is 1. The SMILES string of the molecule is CC(C)(C)Sc1c(CC(C)(C)C(=O)OCCCCCCO[N+](=O)[O-])n(Cc2ccc(Cl)cc2)c2ccc(OCc3ccc4ccccc4n3)cc12. The third kappa shape index (κ3) is 10.6. The third-order valence-electron chi connectivity index (χ3n) is 8.43. The second-order valence-electron chi connectivity index (χ2n) is 14.3. The van der Waals surface area contributed by atoms with Gasteiger partial charge in [-0.05, 0) is 81.1 Å². The summed E-state index contributed by atoms with van der Waals surface area (Å²) < 4.78 is 14.3. The van der Waals surface area contributed by atoms with Crippen LogP contribution in [-0.4, -0.2) is 38.6 Å². The van der Waals surface area contributed by atoms with E-state index in [2.05, 4.69) is 48.4 Å². The van der Waals surface area contributed by atoms with Crippen molar-refractivity contribution in [1.29, 1.82) is 0 Å². The number of para-hydroxylation sites is 1. The minimum atomic E-state index is -0.819. The third-order valence-corrected chi connectivity index (χ3v) is 9.95. The zero-order valence-electron chi connectivity index (χ0n) is 29.9. The van der Waals surface area contributed by atoms with E-state index in [4.69, 9.17) is 26.1 Å². The Kier molecular flexibility index (Phi) is 12.5. The highest BCUT2D eigenvalue weighted by Gasteiger charge is 2.34. The summed E-state index contributed by atoms with van der Waals surface area (Å²) in [6.07, 6.45) is 3.27. The molecule has 2 aromatic heterocycles. The molecule has 0 aliphatic heterocycles. The number of fused-ring (bicyclic) bond motifs is 2. The number of unbranched alkanes of at least 4 members (excludes halogenated alkanes) is 3. The molecule has 5 aromatic rings. The van der Waals surface area contributed by atoms with Crippen molar-refractivity contribution in [2.75, 3.05) is 13.2 Å². The van der Waals surface area contributed by atoms with E-state index in [1.54, 1.807) is 11.8 Å². The molecule has 0 amide bonds. The Morgan fingerprint density at radius 1 is 0.922 bits per heavy atom. The molecule has 0 aliphatic carbocycles. The molecule has 0 radical (unpaired) electrons. The van der Waals surface area contributed by atoms with Crippen molar-refractivity contribution in [2.45, 2.75) is 89.5 Å². The second-order valence-corrected chi connectivity index (χ2v) is 16.6. The van der Waals surface area contributed by atoms with Gasteiger partial charge in [-0.3, -0.25) is 4.79 Å².